The first-order valence-corrected chi connectivity index (χ1v) is 18.6. The zero-order valence-electron chi connectivity index (χ0n) is 28.2. The fraction of sp³-hybridized carbons (Fsp3) is 0. The van der Waals surface area contributed by atoms with E-state index in [1.807, 2.05) is 41.7 Å². The second kappa shape index (κ2) is 10.8. The summed E-state index contributed by atoms with van der Waals surface area (Å²) in [5.41, 5.74) is 10.5. The molecular weight excluding hydrogens is 671 g/mol. The lowest BCUT2D eigenvalue weighted by Gasteiger charge is -2.26. The molecule has 0 aliphatic carbocycles. The van der Waals surface area contributed by atoms with Gasteiger partial charge in [0, 0.05) is 70.1 Å². The number of hydrogen-bond donors (Lipinski definition) is 0. The van der Waals surface area contributed by atoms with Gasteiger partial charge in [0.1, 0.15) is 33.5 Å². The third kappa shape index (κ3) is 4.17. The van der Waals surface area contributed by atoms with Gasteiger partial charge in [0.2, 0.25) is 0 Å². The Morgan fingerprint density at radius 3 is 1.91 bits per heavy atom. The number of fused-ring (bicyclic) bond motifs is 13. The molecule has 0 atom stereocenters. The standard InChI is InChI=1S/C48H27NO3S/c1-4-15-39-32(9-1)33-24-23-30(27-42(33)51-39)49(38-14-8-17-41-45(38)36-10-2-5-16-40(36)50-41)29-21-19-28(20-22-29)31-12-7-13-34-35-25-26-44-46(48(35)52-47(31)34)37-11-3-6-18-43(37)53-44/h1-27H. The number of nitrogens with zero attached hydrogens (tertiary/aromatic N) is 1. The van der Waals surface area contributed by atoms with Crippen LogP contribution in [0.4, 0.5) is 17.1 Å². The summed E-state index contributed by atoms with van der Waals surface area (Å²) in [5.74, 6) is 0. The molecule has 12 aromatic rings. The minimum Gasteiger partial charge on any atom is -0.456 e. The zero-order chi connectivity index (χ0) is 34.6. The normalized spacial score (nSPS) is 12.2. The van der Waals surface area contributed by atoms with E-state index in [1.165, 1.54) is 20.2 Å². The van der Waals surface area contributed by atoms with E-state index in [9.17, 15) is 0 Å². The molecule has 0 unspecified atom stereocenters. The van der Waals surface area contributed by atoms with Crippen LogP contribution in [0.3, 0.4) is 0 Å². The fourth-order valence-corrected chi connectivity index (χ4v) is 9.41. The molecule has 0 spiro atoms. The van der Waals surface area contributed by atoms with Crippen molar-refractivity contribution in [3.8, 4) is 11.1 Å². The van der Waals surface area contributed by atoms with Crippen LogP contribution in [0.5, 0.6) is 0 Å². The third-order valence-corrected chi connectivity index (χ3v) is 11.8. The van der Waals surface area contributed by atoms with E-state index >= 15 is 0 Å². The quantitative estimate of drug-likeness (QED) is 0.184. The summed E-state index contributed by atoms with van der Waals surface area (Å²) in [6.45, 7) is 0. The fourth-order valence-electron chi connectivity index (χ4n) is 8.31. The average molecular weight is 698 g/mol. The second-order valence-corrected chi connectivity index (χ2v) is 14.7. The SMILES string of the molecule is c1ccc2c(c1)oc1cc(N(c3ccc(-c4cccc5c4oc4c5ccc5sc6ccccc6c54)cc3)c3cccc4oc5ccccc5c34)ccc12. The molecule has 4 nitrogen and oxygen atoms in total. The Hall–Kier alpha value is -6.82. The Kier molecular flexibility index (Phi) is 5.90. The molecule has 5 heteroatoms. The van der Waals surface area contributed by atoms with Crippen LogP contribution in [-0.2, 0) is 0 Å². The van der Waals surface area contributed by atoms with Gasteiger partial charge in [-0.1, -0.05) is 91.0 Å². The lowest BCUT2D eigenvalue weighted by atomic mass is 10.0. The molecule has 12 rings (SSSR count). The van der Waals surface area contributed by atoms with Crippen molar-refractivity contribution in [1.29, 1.82) is 0 Å². The van der Waals surface area contributed by atoms with Crippen molar-refractivity contribution in [2.45, 2.75) is 0 Å². The molecule has 0 fully saturated rings. The van der Waals surface area contributed by atoms with E-state index < -0.39 is 0 Å². The highest BCUT2D eigenvalue weighted by molar-refractivity contribution is 7.26. The number of benzene rings is 8. The maximum atomic E-state index is 6.86. The van der Waals surface area contributed by atoms with Crippen molar-refractivity contribution in [2.24, 2.45) is 0 Å². The summed E-state index contributed by atoms with van der Waals surface area (Å²) in [4.78, 5) is 2.31. The summed E-state index contributed by atoms with van der Waals surface area (Å²) < 4.78 is 22.1. The molecule has 0 saturated heterocycles. The molecule has 0 amide bonds. The van der Waals surface area contributed by atoms with Gasteiger partial charge >= 0.3 is 0 Å². The van der Waals surface area contributed by atoms with Gasteiger partial charge in [-0.3, -0.25) is 0 Å². The predicted molar refractivity (Wildman–Crippen MR) is 221 cm³/mol. The van der Waals surface area contributed by atoms with Gasteiger partial charge in [-0.15, -0.1) is 11.3 Å². The number of rotatable bonds is 4. The summed E-state index contributed by atoms with van der Waals surface area (Å²) in [5, 5.41) is 9.05. The summed E-state index contributed by atoms with van der Waals surface area (Å²) in [7, 11) is 0. The van der Waals surface area contributed by atoms with Crippen molar-refractivity contribution in [2.75, 3.05) is 4.90 Å². The van der Waals surface area contributed by atoms with Crippen LogP contribution in [0, 0.1) is 0 Å². The van der Waals surface area contributed by atoms with E-state index in [0.29, 0.717) is 0 Å². The van der Waals surface area contributed by atoms with Crippen LogP contribution in [0.2, 0.25) is 0 Å². The lowest BCUT2D eigenvalue weighted by molar-refractivity contribution is 0.669. The second-order valence-electron chi connectivity index (χ2n) is 13.6. The highest BCUT2D eigenvalue weighted by Crippen LogP contribution is 2.46. The van der Waals surface area contributed by atoms with Crippen molar-refractivity contribution in [3.63, 3.8) is 0 Å². The number of para-hydroxylation sites is 3. The van der Waals surface area contributed by atoms with Crippen LogP contribution in [0.15, 0.2) is 177 Å². The number of furan rings is 3. The largest absolute Gasteiger partial charge is 0.456 e. The van der Waals surface area contributed by atoms with E-state index in [-0.39, 0.29) is 0 Å². The van der Waals surface area contributed by atoms with Crippen LogP contribution in [0.1, 0.15) is 0 Å². The first-order chi connectivity index (χ1) is 26.3. The summed E-state index contributed by atoms with van der Waals surface area (Å²) >= 11 is 1.81. The Morgan fingerprint density at radius 2 is 1.02 bits per heavy atom. The van der Waals surface area contributed by atoms with E-state index in [1.54, 1.807) is 0 Å². The monoisotopic (exact) mass is 697 g/mol. The maximum absolute atomic E-state index is 6.86. The average Bonchev–Trinajstić information content (AvgIpc) is 3.98. The Bertz CT molecular complexity index is 3420. The molecule has 248 valence electrons. The highest BCUT2D eigenvalue weighted by atomic mass is 32.1. The Balaban J connectivity index is 1.05. The lowest BCUT2D eigenvalue weighted by Crippen LogP contribution is -2.10. The molecule has 0 saturated carbocycles. The first-order valence-electron chi connectivity index (χ1n) is 17.7. The highest BCUT2D eigenvalue weighted by Gasteiger charge is 2.22. The maximum Gasteiger partial charge on any atom is 0.144 e. The van der Waals surface area contributed by atoms with Gasteiger partial charge in [0.25, 0.3) is 0 Å². The zero-order valence-corrected chi connectivity index (χ0v) is 29.0. The number of anilines is 3. The molecule has 0 bridgehead atoms. The Morgan fingerprint density at radius 1 is 0.377 bits per heavy atom. The molecule has 53 heavy (non-hydrogen) atoms. The van der Waals surface area contributed by atoms with Crippen molar-refractivity contribution < 1.29 is 13.3 Å². The first kappa shape index (κ1) is 28.8. The van der Waals surface area contributed by atoms with Crippen LogP contribution < -0.4 is 4.90 Å². The van der Waals surface area contributed by atoms with Crippen LogP contribution in [0.25, 0.3) is 97.1 Å². The van der Waals surface area contributed by atoms with E-state index in [2.05, 4.69) is 138 Å². The number of hydrogen-bond acceptors (Lipinski definition) is 5. The minimum absolute atomic E-state index is 0.846. The summed E-state index contributed by atoms with van der Waals surface area (Å²) in [6, 6.07) is 57.6. The third-order valence-electron chi connectivity index (χ3n) is 10.7. The summed E-state index contributed by atoms with van der Waals surface area (Å²) in [6.07, 6.45) is 0. The van der Waals surface area contributed by atoms with E-state index in [4.69, 9.17) is 13.3 Å². The molecule has 4 heterocycles. The van der Waals surface area contributed by atoms with Gasteiger partial charge in [0.05, 0.1) is 11.1 Å². The van der Waals surface area contributed by atoms with Gasteiger partial charge in [-0.05, 0) is 72.3 Å². The molecule has 4 aromatic heterocycles. The molecule has 8 aromatic carbocycles. The predicted octanol–water partition coefficient (Wildman–Crippen LogP) is 14.9. The van der Waals surface area contributed by atoms with Gasteiger partial charge < -0.3 is 18.2 Å². The van der Waals surface area contributed by atoms with Gasteiger partial charge in [-0.25, -0.2) is 0 Å². The Labute approximate surface area is 306 Å². The van der Waals surface area contributed by atoms with Crippen molar-refractivity contribution in [1.82, 2.24) is 0 Å². The van der Waals surface area contributed by atoms with Crippen LogP contribution in [-0.4, -0.2) is 0 Å². The molecule has 0 aliphatic rings. The van der Waals surface area contributed by atoms with Gasteiger partial charge in [-0.2, -0.15) is 0 Å². The number of thiophene rings is 1. The molecule has 0 radical (unpaired) electrons. The van der Waals surface area contributed by atoms with E-state index in [0.717, 1.165) is 94.0 Å². The molecule has 0 aliphatic heterocycles. The molecular formula is C48H27NO3S. The van der Waals surface area contributed by atoms with Crippen molar-refractivity contribution >= 4 is 114 Å². The van der Waals surface area contributed by atoms with Gasteiger partial charge in [0.15, 0.2) is 0 Å². The smallest absolute Gasteiger partial charge is 0.144 e. The van der Waals surface area contributed by atoms with Crippen molar-refractivity contribution in [3.05, 3.63) is 164 Å². The topological polar surface area (TPSA) is 42.7 Å². The van der Waals surface area contributed by atoms with Crippen LogP contribution >= 0.6 is 11.3 Å². The molecule has 0 N–H and O–H groups in total. The minimum atomic E-state index is 0.846.